The molecule has 0 aliphatic carbocycles. The lowest BCUT2D eigenvalue weighted by Gasteiger charge is -2.11. The van der Waals surface area contributed by atoms with Gasteiger partial charge >= 0.3 is 5.97 Å². The number of benzene rings is 2. The fraction of sp³-hybridized carbons (Fsp3) is 0.133. The van der Waals surface area contributed by atoms with Crippen LogP contribution in [0.2, 0.25) is 0 Å². The quantitative estimate of drug-likeness (QED) is 0.890. The second-order valence-electron chi connectivity index (χ2n) is 4.35. The third kappa shape index (κ3) is 3.83. The Morgan fingerprint density at radius 2 is 1.89 bits per heavy atom. The summed E-state index contributed by atoms with van der Waals surface area (Å²) in [6, 6.07) is 13.5. The van der Waals surface area contributed by atoms with E-state index in [2.05, 4.69) is 21.2 Å². The zero-order valence-electron chi connectivity index (χ0n) is 10.5. The Labute approximate surface area is 120 Å². The Bertz CT molecular complexity index is 594. The standard InChI is InChI=1S/C15H14BrNO2/c1-10-8-11(9-15(18)19)2-7-14(10)17-13-5-3-12(16)4-6-13/h2-8,17H,9H2,1H3,(H,18,19). The molecule has 98 valence electrons. The molecule has 0 saturated carbocycles. The van der Waals surface area contributed by atoms with E-state index in [0.717, 1.165) is 27.0 Å². The highest BCUT2D eigenvalue weighted by atomic mass is 79.9. The first-order valence-corrected chi connectivity index (χ1v) is 6.68. The number of rotatable bonds is 4. The number of anilines is 2. The molecule has 2 N–H and O–H groups in total. The fourth-order valence-electron chi connectivity index (χ4n) is 1.84. The summed E-state index contributed by atoms with van der Waals surface area (Å²) >= 11 is 3.39. The number of halogens is 1. The van der Waals surface area contributed by atoms with Gasteiger partial charge in [0.2, 0.25) is 0 Å². The number of hydrogen-bond donors (Lipinski definition) is 2. The van der Waals surface area contributed by atoms with Crippen molar-refractivity contribution in [3.8, 4) is 0 Å². The van der Waals surface area contributed by atoms with Crippen LogP contribution in [0.25, 0.3) is 0 Å². The molecule has 0 heterocycles. The first kappa shape index (κ1) is 13.6. The van der Waals surface area contributed by atoms with E-state index in [9.17, 15) is 4.79 Å². The van der Waals surface area contributed by atoms with Gasteiger partial charge in [-0.05, 0) is 48.4 Å². The average Bonchev–Trinajstić information content (AvgIpc) is 2.34. The highest BCUT2D eigenvalue weighted by Gasteiger charge is 2.04. The molecule has 0 aromatic heterocycles. The number of aliphatic carboxylic acids is 1. The van der Waals surface area contributed by atoms with Crippen LogP contribution in [-0.4, -0.2) is 11.1 Å². The van der Waals surface area contributed by atoms with Crippen LogP contribution in [0.1, 0.15) is 11.1 Å². The second kappa shape index (κ2) is 5.89. The van der Waals surface area contributed by atoms with E-state index in [1.54, 1.807) is 0 Å². The van der Waals surface area contributed by atoms with Gasteiger partial charge in [0.25, 0.3) is 0 Å². The van der Waals surface area contributed by atoms with Gasteiger partial charge in [0.1, 0.15) is 0 Å². The Morgan fingerprint density at radius 1 is 1.21 bits per heavy atom. The lowest BCUT2D eigenvalue weighted by Crippen LogP contribution is -2.01. The predicted octanol–water partition coefficient (Wildman–Crippen LogP) is 4.13. The molecule has 0 aliphatic heterocycles. The van der Waals surface area contributed by atoms with Crippen molar-refractivity contribution in [2.24, 2.45) is 0 Å². The van der Waals surface area contributed by atoms with Crippen LogP contribution in [-0.2, 0) is 11.2 Å². The number of carboxylic acid groups (broad SMARTS) is 1. The minimum absolute atomic E-state index is 0.0550. The largest absolute Gasteiger partial charge is 0.481 e. The van der Waals surface area contributed by atoms with Crippen LogP contribution >= 0.6 is 15.9 Å². The monoisotopic (exact) mass is 319 g/mol. The number of nitrogens with one attached hydrogen (secondary N) is 1. The summed E-state index contributed by atoms with van der Waals surface area (Å²) < 4.78 is 1.03. The number of carboxylic acids is 1. The van der Waals surface area contributed by atoms with Crippen molar-refractivity contribution in [3.63, 3.8) is 0 Å². The predicted molar refractivity (Wildman–Crippen MR) is 79.9 cm³/mol. The van der Waals surface area contributed by atoms with Crippen LogP contribution in [0.3, 0.4) is 0 Å². The van der Waals surface area contributed by atoms with E-state index in [1.165, 1.54) is 0 Å². The van der Waals surface area contributed by atoms with E-state index in [-0.39, 0.29) is 6.42 Å². The molecule has 0 bridgehead atoms. The van der Waals surface area contributed by atoms with Gasteiger partial charge in [-0.15, -0.1) is 0 Å². The van der Waals surface area contributed by atoms with Gasteiger partial charge in [0.05, 0.1) is 6.42 Å². The molecule has 0 amide bonds. The average molecular weight is 320 g/mol. The minimum Gasteiger partial charge on any atom is -0.481 e. The van der Waals surface area contributed by atoms with Gasteiger partial charge in [0, 0.05) is 15.8 Å². The van der Waals surface area contributed by atoms with Crippen LogP contribution in [0, 0.1) is 6.92 Å². The van der Waals surface area contributed by atoms with Gasteiger partial charge in [-0.1, -0.05) is 28.1 Å². The van der Waals surface area contributed by atoms with E-state index in [4.69, 9.17) is 5.11 Å². The maximum atomic E-state index is 10.7. The molecule has 2 aromatic rings. The fourth-order valence-corrected chi connectivity index (χ4v) is 2.10. The zero-order valence-corrected chi connectivity index (χ0v) is 12.1. The Hall–Kier alpha value is -1.81. The maximum absolute atomic E-state index is 10.7. The van der Waals surface area contributed by atoms with Crippen molar-refractivity contribution in [2.45, 2.75) is 13.3 Å². The lowest BCUT2D eigenvalue weighted by atomic mass is 10.1. The van der Waals surface area contributed by atoms with Gasteiger partial charge in [-0.2, -0.15) is 0 Å². The molecule has 2 aromatic carbocycles. The summed E-state index contributed by atoms with van der Waals surface area (Å²) in [5.41, 5.74) is 3.82. The molecule has 19 heavy (non-hydrogen) atoms. The number of carbonyl (C=O) groups is 1. The SMILES string of the molecule is Cc1cc(CC(=O)O)ccc1Nc1ccc(Br)cc1. The van der Waals surface area contributed by atoms with Gasteiger partial charge in [-0.25, -0.2) is 0 Å². The molecule has 0 unspecified atom stereocenters. The van der Waals surface area contributed by atoms with Crippen molar-refractivity contribution < 1.29 is 9.90 Å². The van der Waals surface area contributed by atoms with Crippen LogP contribution < -0.4 is 5.32 Å². The van der Waals surface area contributed by atoms with Crippen LogP contribution in [0.5, 0.6) is 0 Å². The van der Waals surface area contributed by atoms with E-state index in [1.807, 2.05) is 49.4 Å². The first-order chi connectivity index (χ1) is 9.04. The Morgan fingerprint density at radius 3 is 2.47 bits per heavy atom. The Balaban J connectivity index is 2.17. The molecule has 0 spiro atoms. The third-order valence-electron chi connectivity index (χ3n) is 2.77. The van der Waals surface area contributed by atoms with Crippen LogP contribution in [0.15, 0.2) is 46.9 Å². The number of hydrogen-bond acceptors (Lipinski definition) is 2. The first-order valence-electron chi connectivity index (χ1n) is 5.88. The van der Waals surface area contributed by atoms with E-state index < -0.39 is 5.97 Å². The molecule has 3 nitrogen and oxygen atoms in total. The zero-order chi connectivity index (χ0) is 13.8. The van der Waals surface area contributed by atoms with Crippen molar-refractivity contribution in [1.82, 2.24) is 0 Å². The lowest BCUT2D eigenvalue weighted by molar-refractivity contribution is -0.136. The summed E-state index contributed by atoms with van der Waals surface area (Å²) in [4.78, 5) is 10.7. The summed E-state index contributed by atoms with van der Waals surface area (Å²) in [6.07, 6.45) is 0.0550. The summed E-state index contributed by atoms with van der Waals surface area (Å²) in [5.74, 6) is -0.812. The summed E-state index contributed by atoms with van der Waals surface area (Å²) in [6.45, 7) is 1.96. The minimum atomic E-state index is -0.812. The molecule has 0 aliphatic rings. The van der Waals surface area contributed by atoms with Crippen molar-refractivity contribution in [2.75, 3.05) is 5.32 Å². The highest BCUT2D eigenvalue weighted by Crippen LogP contribution is 2.23. The molecular formula is C15H14BrNO2. The second-order valence-corrected chi connectivity index (χ2v) is 5.27. The molecule has 0 fully saturated rings. The van der Waals surface area contributed by atoms with Crippen molar-refractivity contribution in [3.05, 3.63) is 58.1 Å². The molecule has 0 radical (unpaired) electrons. The van der Waals surface area contributed by atoms with Crippen molar-refractivity contribution in [1.29, 1.82) is 0 Å². The highest BCUT2D eigenvalue weighted by molar-refractivity contribution is 9.10. The topological polar surface area (TPSA) is 49.3 Å². The third-order valence-corrected chi connectivity index (χ3v) is 3.30. The normalized spacial score (nSPS) is 10.2. The van der Waals surface area contributed by atoms with Crippen LogP contribution in [0.4, 0.5) is 11.4 Å². The number of aryl methyl sites for hydroxylation is 1. The molecule has 0 saturated heterocycles. The van der Waals surface area contributed by atoms with E-state index in [0.29, 0.717) is 0 Å². The molecule has 0 atom stereocenters. The molecule has 2 rings (SSSR count). The van der Waals surface area contributed by atoms with Gasteiger partial charge in [0.15, 0.2) is 0 Å². The maximum Gasteiger partial charge on any atom is 0.307 e. The molecular weight excluding hydrogens is 306 g/mol. The van der Waals surface area contributed by atoms with Gasteiger partial charge in [-0.3, -0.25) is 4.79 Å². The van der Waals surface area contributed by atoms with Crippen molar-refractivity contribution >= 4 is 33.3 Å². The summed E-state index contributed by atoms with van der Waals surface area (Å²) in [5, 5.41) is 12.1. The Kier molecular flexibility index (Phi) is 4.22. The van der Waals surface area contributed by atoms with Gasteiger partial charge < -0.3 is 10.4 Å². The van der Waals surface area contributed by atoms with E-state index >= 15 is 0 Å². The smallest absolute Gasteiger partial charge is 0.307 e. The molecule has 4 heteroatoms. The summed E-state index contributed by atoms with van der Waals surface area (Å²) in [7, 11) is 0.